The van der Waals surface area contributed by atoms with E-state index in [0.29, 0.717) is 37.6 Å². The SMILES string of the molecule is O=C(CC(F)(F)F)N1CCCC(Cc2nc(-c3ccsc3)no2)C1. The molecule has 9 heteroatoms. The highest BCUT2D eigenvalue weighted by molar-refractivity contribution is 7.08. The number of likely N-dealkylation sites (tertiary alicyclic amines) is 1. The van der Waals surface area contributed by atoms with Crippen LogP contribution in [0.5, 0.6) is 0 Å². The molecule has 2 aromatic heterocycles. The lowest BCUT2D eigenvalue weighted by molar-refractivity contribution is -0.162. The third-order valence-electron chi connectivity index (χ3n) is 3.93. The van der Waals surface area contributed by atoms with Gasteiger partial charge in [-0.2, -0.15) is 29.5 Å². The molecule has 0 N–H and O–H groups in total. The molecule has 0 radical (unpaired) electrons. The molecular formula is C15H16F3N3O2S. The number of carbonyl (C=O) groups excluding carboxylic acids is 1. The summed E-state index contributed by atoms with van der Waals surface area (Å²) in [5.74, 6) is 0.127. The van der Waals surface area contributed by atoms with Crippen molar-refractivity contribution in [1.82, 2.24) is 15.0 Å². The van der Waals surface area contributed by atoms with Crippen LogP contribution < -0.4 is 0 Å². The number of amides is 1. The maximum Gasteiger partial charge on any atom is 0.397 e. The van der Waals surface area contributed by atoms with Gasteiger partial charge in [-0.3, -0.25) is 4.79 Å². The molecular weight excluding hydrogens is 343 g/mol. The van der Waals surface area contributed by atoms with Gasteiger partial charge in [0.05, 0.1) is 0 Å². The highest BCUT2D eigenvalue weighted by atomic mass is 32.1. The van der Waals surface area contributed by atoms with E-state index in [0.717, 1.165) is 12.0 Å². The van der Waals surface area contributed by atoms with Gasteiger partial charge in [-0.25, -0.2) is 0 Å². The number of carbonyl (C=O) groups is 1. The van der Waals surface area contributed by atoms with Crippen LogP contribution in [0.1, 0.15) is 25.2 Å². The van der Waals surface area contributed by atoms with E-state index < -0.39 is 18.5 Å². The van der Waals surface area contributed by atoms with Crippen LogP contribution in [0, 0.1) is 5.92 Å². The first-order valence-corrected chi connectivity index (χ1v) is 8.54. The molecule has 3 heterocycles. The molecule has 1 atom stereocenters. The van der Waals surface area contributed by atoms with Crippen molar-refractivity contribution in [3.8, 4) is 11.4 Å². The molecule has 1 aliphatic rings. The number of nitrogens with zero attached hydrogens (tertiary/aromatic N) is 3. The molecule has 2 aromatic rings. The Hall–Kier alpha value is -1.90. The average Bonchev–Trinajstić information content (AvgIpc) is 3.16. The Morgan fingerprint density at radius 1 is 1.46 bits per heavy atom. The molecule has 0 spiro atoms. The molecule has 1 saturated heterocycles. The van der Waals surface area contributed by atoms with Gasteiger partial charge >= 0.3 is 6.18 Å². The zero-order valence-electron chi connectivity index (χ0n) is 12.8. The molecule has 3 rings (SSSR count). The van der Waals surface area contributed by atoms with E-state index in [9.17, 15) is 18.0 Å². The van der Waals surface area contributed by atoms with Gasteiger partial charge in [-0.1, -0.05) is 5.16 Å². The molecule has 0 bridgehead atoms. The first-order valence-electron chi connectivity index (χ1n) is 7.60. The second kappa shape index (κ2) is 6.92. The van der Waals surface area contributed by atoms with Crippen molar-refractivity contribution in [2.75, 3.05) is 13.1 Å². The Kier molecular flexibility index (Phi) is 4.88. The summed E-state index contributed by atoms with van der Waals surface area (Å²) >= 11 is 1.53. The van der Waals surface area contributed by atoms with E-state index in [-0.39, 0.29) is 5.92 Å². The van der Waals surface area contributed by atoms with Crippen molar-refractivity contribution >= 4 is 17.2 Å². The van der Waals surface area contributed by atoms with E-state index in [4.69, 9.17) is 4.52 Å². The lowest BCUT2D eigenvalue weighted by atomic mass is 9.94. The summed E-state index contributed by atoms with van der Waals surface area (Å²) < 4.78 is 42.3. The van der Waals surface area contributed by atoms with E-state index in [1.54, 1.807) is 0 Å². The summed E-state index contributed by atoms with van der Waals surface area (Å²) in [5, 5.41) is 7.74. The van der Waals surface area contributed by atoms with Gasteiger partial charge in [-0.05, 0) is 30.2 Å². The summed E-state index contributed by atoms with van der Waals surface area (Å²) in [4.78, 5) is 17.3. The fraction of sp³-hybridized carbons (Fsp3) is 0.533. The highest BCUT2D eigenvalue weighted by Gasteiger charge is 2.35. The van der Waals surface area contributed by atoms with Crippen LogP contribution in [0.25, 0.3) is 11.4 Å². The normalized spacial score (nSPS) is 18.8. The van der Waals surface area contributed by atoms with Gasteiger partial charge in [0.15, 0.2) is 0 Å². The minimum Gasteiger partial charge on any atom is -0.342 e. The lowest BCUT2D eigenvalue weighted by Gasteiger charge is -2.32. The first-order chi connectivity index (χ1) is 11.4. The minimum absolute atomic E-state index is 0.0340. The molecule has 0 aromatic carbocycles. The molecule has 1 fully saturated rings. The number of rotatable bonds is 4. The van der Waals surface area contributed by atoms with Crippen LogP contribution in [-0.4, -0.2) is 40.2 Å². The van der Waals surface area contributed by atoms with Crippen molar-refractivity contribution in [1.29, 1.82) is 0 Å². The zero-order chi connectivity index (χ0) is 17.2. The van der Waals surface area contributed by atoms with Gasteiger partial charge in [0.1, 0.15) is 6.42 Å². The number of hydrogen-bond donors (Lipinski definition) is 0. The summed E-state index contributed by atoms with van der Waals surface area (Å²) in [6, 6.07) is 1.89. The molecule has 5 nitrogen and oxygen atoms in total. The number of alkyl halides is 3. The second-order valence-corrected chi connectivity index (χ2v) is 6.65. The van der Waals surface area contributed by atoms with Crippen LogP contribution >= 0.6 is 11.3 Å². The van der Waals surface area contributed by atoms with E-state index >= 15 is 0 Å². The number of piperidine rings is 1. The second-order valence-electron chi connectivity index (χ2n) is 5.87. The van der Waals surface area contributed by atoms with E-state index in [1.807, 2.05) is 16.8 Å². The maximum atomic E-state index is 12.4. The molecule has 1 amide bonds. The van der Waals surface area contributed by atoms with Crippen molar-refractivity contribution in [2.24, 2.45) is 5.92 Å². The van der Waals surface area contributed by atoms with Gasteiger partial charge < -0.3 is 9.42 Å². The van der Waals surface area contributed by atoms with Crippen molar-refractivity contribution in [2.45, 2.75) is 31.9 Å². The molecule has 0 aliphatic carbocycles. The Morgan fingerprint density at radius 2 is 2.29 bits per heavy atom. The van der Waals surface area contributed by atoms with Crippen LogP contribution in [-0.2, 0) is 11.2 Å². The molecule has 130 valence electrons. The van der Waals surface area contributed by atoms with Gasteiger partial charge in [0, 0.05) is 30.5 Å². The molecule has 1 unspecified atom stereocenters. The quantitative estimate of drug-likeness (QED) is 0.838. The standard InChI is InChI=1S/C15H16F3N3O2S/c16-15(17,18)7-13(22)21-4-1-2-10(8-21)6-12-19-14(20-23-12)11-3-5-24-9-11/h3,5,9-10H,1-2,4,6-8H2. The number of halogens is 3. The fourth-order valence-corrected chi connectivity index (χ4v) is 3.47. The molecule has 24 heavy (non-hydrogen) atoms. The van der Waals surface area contributed by atoms with Crippen molar-refractivity contribution < 1.29 is 22.5 Å². The maximum absolute atomic E-state index is 12.4. The third kappa shape index (κ3) is 4.34. The topological polar surface area (TPSA) is 59.2 Å². The van der Waals surface area contributed by atoms with Crippen LogP contribution in [0.15, 0.2) is 21.3 Å². The van der Waals surface area contributed by atoms with Crippen LogP contribution in [0.3, 0.4) is 0 Å². The Labute approximate surface area is 140 Å². The average molecular weight is 359 g/mol. The van der Waals surface area contributed by atoms with E-state index in [2.05, 4.69) is 10.1 Å². The largest absolute Gasteiger partial charge is 0.397 e. The monoisotopic (exact) mass is 359 g/mol. The van der Waals surface area contributed by atoms with Crippen LogP contribution in [0.2, 0.25) is 0 Å². The smallest absolute Gasteiger partial charge is 0.342 e. The Morgan fingerprint density at radius 3 is 3.00 bits per heavy atom. The summed E-state index contributed by atoms with van der Waals surface area (Å²) in [5.41, 5.74) is 0.876. The molecule has 0 saturated carbocycles. The summed E-state index contributed by atoms with van der Waals surface area (Å²) in [7, 11) is 0. The van der Waals surface area contributed by atoms with Gasteiger partial charge in [-0.15, -0.1) is 0 Å². The number of thiophene rings is 1. The van der Waals surface area contributed by atoms with Gasteiger partial charge in [0.25, 0.3) is 0 Å². The van der Waals surface area contributed by atoms with E-state index in [1.165, 1.54) is 16.2 Å². The summed E-state index contributed by atoms with van der Waals surface area (Å²) in [6.45, 7) is 0.667. The Bertz CT molecular complexity index is 684. The third-order valence-corrected chi connectivity index (χ3v) is 4.62. The van der Waals surface area contributed by atoms with Gasteiger partial charge in [0.2, 0.25) is 17.6 Å². The fourth-order valence-electron chi connectivity index (χ4n) is 2.84. The van der Waals surface area contributed by atoms with Crippen molar-refractivity contribution in [3.63, 3.8) is 0 Å². The van der Waals surface area contributed by atoms with Crippen LogP contribution in [0.4, 0.5) is 13.2 Å². The summed E-state index contributed by atoms with van der Waals surface area (Å²) in [6.07, 6.45) is -3.90. The lowest BCUT2D eigenvalue weighted by Crippen LogP contribution is -2.42. The Balaban J connectivity index is 1.58. The number of hydrogen-bond acceptors (Lipinski definition) is 5. The van der Waals surface area contributed by atoms with Crippen molar-refractivity contribution in [3.05, 3.63) is 22.7 Å². The predicted molar refractivity (Wildman–Crippen MR) is 81.3 cm³/mol. The first kappa shape index (κ1) is 16.9. The minimum atomic E-state index is -4.47. The highest BCUT2D eigenvalue weighted by Crippen LogP contribution is 2.26. The zero-order valence-corrected chi connectivity index (χ0v) is 13.6. The number of aromatic nitrogens is 2. The molecule has 1 aliphatic heterocycles. The predicted octanol–water partition coefficient (Wildman–Crippen LogP) is 3.53.